The van der Waals surface area contributed by atoms with Crippen molar-refractivity contribution >= 4 is 27.5 Å². The first-order chi connectivity index (χ1) is 20.7. The van der Waals surface area contributed by atoms with Crippen LogP contribution >= 0.6 is 0 Å². The van der Waals surface area contributed by atoms with Gasteiger partial charge < -0.3 is 24.7 Å². The number of terminal acetylenes is 1. The van der Waals surface area contributed by atoms with E-state index in [-0.39, 0.29) is 53.6 Å². The number of anilines is 1. The molecule has 3 aromatic carbocycles. The van der Waals surface area contributed by atoms with Crippen molar-refractivity contribution < 1.29 is 32.5 Å². The number of β-amino-alcohol motifs (C(OH)–C–C–N with tert-alkyl or cyclic N) is 1. The van der Waals surface area contributed by atoms with E-state index < -0.39 is 40.7 Å². The lowest BCUT2D eigenvalue weighted by atomic mass is 9.92. The van der Waals surface area contributed by atoms with E-state index in [4.69, 9.17) is 11.2 Å². The van der Waals surface area contributed by atoms with Crippen molar-refractivity contribution in [1.29, 1.82) is 0 Å². The van der Waals surface area contributed by atoms with E-state index >= 15 is 8.78 Å². The number of phenolic OH excluding ortho intramolecular Hbond substituents is 1. The van der Waals surface area contributed by atoms with E-state index in [0.29, 0.717) is 35.7 Å². The Morgan fingerprint density at radius 3 is 2.57 bits per heavy atom. The summed E-state index contributed by atoms with van der Waals surface area (Å²) in [5.41, 5.74) is -2.92. The van der Waals surface area contributed by atoms with Gasteiger partial charge in [0, 0.05) is 48.0 Å². The summed E-state index contributed by atoms with van der Waals surface area (Å²) >= 11 is 0. The van der Waals surface area contributed by atoms with Crippen LogP contribution in [0.5, 0.6) is 11.8 Å². The van der Waals surface area contributed by atoms with Crippen LogP contribution in [-0.2, 0) is 0 Å². The Labute approximate surface area is 252 Å². The van der Waals surface area contributed by atoms with E-state index in [0.717, 1.165) is 6.07 Å². The minimum absolute atomic E-state index is 0.0233. The molecule has 2 fully saturated rings. The second kappa shape index (κ2) is 10.5. The zero-order valence-electron chi connectivity index (χ0n) is 24.6. The van der Waals surface area contributed by atoms with Gasteiger partial charge in [-0.1, -0.05) is 18.1 Å². The molecular formula is C33H32F4N4O3. The second-order valence-corrected chi connectivity index (χ2v) is 12.5. The molecule has 44 heavy (non-hydrogen) atoms. The van der Waals surface area contributed by atoms with Gasteiger partial charge in [-0.15, -0.1) is 6.42 Å². The number of nitrogens with zero attached hydrogens (tertiary/aromatic N) is 4. The third-order valence-corrected chi connectivity index (χ3v) is 8.51. The minimum Gasteiger partial charge on any atom is -0.508 e. The molecule has 230 valence electrons. The Morgan fingerprint density at radius 1 is 1.16 bits per heavy atom. The monoisotopic (exact) mass is 608 g/mol. The molecule has 1 saturated heterocycles. The number of hydrogen-bond donors (Lipinski definition) is 2. The van der Waals surface area contributed by atoms with E-state index in [1.54, 1.807) is 49.0 Å². The van der Waals surface area contributed by atoms with Crippen LogP contribution in [-0.4, -0.2) is 76.9 Å². The van der Waals surface area contributed by atoms with Gasteiger partial charge in [0.25, 0.3) is 5.92 Å². The van der Waals surface area contributed by atoms with Crippen molar-refractivity contribution in [3.63, 3.8) is 0 Å². The van der Waals surface area contributed by atoms with Gasteiger partial charge in [-0.2, -0.15) is 9.97 Å². The van der Waals surface area contributed by atoms with Gasteiger partial charge in [0.05, 0.1) is 16.6 Å². The number of alkyl halides is 2. The summed E-state index contributed by atoms with van der Waals surface area (Å²) in [5.74, 6) is -2.53. The van der Waals surface area contributed by atoms with Crippen LogP contribution < -0.4 is 9.64 Å². The van der Waals surface area contributed by atoms with Crippen LogP contribution in [0.15, 0.2) is 36.4 Å². The largest absolute Gasteiger partial charge is 0.508 e. The summed E-state index contributed by atoms with van der Waals surface area (Å²) in [6, 6.07) is 8.41. The highest BCUT2D eigenvalue weighted by Crippen LogP contribution is 2.60. The van der Waals surface area contributed by atoms with Crippen molar-refractivity contribution in [2.45, 2.75) is 37.7 Å². The highest BCUT2D eigenvalue weighted by Gasteiger charge is 2.71. The zero-order valence-corrected chi connectivity index (χ0v) is 24.6. The van der Waals surface area contributed by atoms with Gasteiger partial charge in [0.15, 0.2) is 5.82 Å². The maximum Gasteiger partial charge on any atom is 0.319 e. The summed E-state index contributed by atoms with van der Waals surface area (Å²) in [6.45, 7) is 1.85. The van der Waals surface area contributed by atoms with Crippen LogP contribution in [0.2, 0.25) is 0 Å². The number of fused-ring (bicyclic) bond motifs is 2. The lowest BCUT2D eigenvalue weighted by Crippen LogP contribution is -2.46. The fraction of sp³-hybridized carbons (Fsp3) is 0.394. The lowest BCUT2D eigenvalue weighted by molar-refractivity contribution is 0.0287. The van der Waals surface area contributed by atoms with E-state index in [2.05, 4.69) is 15.9 Å². The van der Waals surface area contributed by atoms with Crippen molar-refractivity contribution in [3.8, 4) is 35.2 Å². The molecule has 1 aliphatic carbocycles. The molecule has 1 saturated carbocycles. The van der Waals surface area contributed by atoms with E-state index in [1.807, 2.05) is 0 Å². The Hall–Kier alpha value is -4.14. The number of aromatic hydroxyl groups is 1. The topological polar surface area (TPSA) is 82.0 Å². The Kier molecular flexibility index (Phi) is 7.13. The predicted molar refractivity (Wildman–Crippen MR) is 160 cm³/mol. The molecule has 0 unspecified atom stereocenters. The number of aromatic nitrogens is 2. The molecule has 0 radical (unpaired) electrons. The molecule has 7 nitrogen and oxygen atoms in total. The number of aliphatic hydroxyl groups is 1. The van der Waals surface area contributed by atoms with E-state index in [9.17, 15) is 19.0 Å². The number of ether oxygens (including phenoxy) is 1. The summed E-state index contributed by atoms with van der Waals surface area (Å²) in [6.07, 6.45) is 6.44. The molecular weight excluding hydrogens is 576 g/mol. The zero-order chi connectivity index (χ0) is 31.6. The minimum atomic E-state index is -2.95. The fourth-order valence-corrected chi connectivity index (χ4v) is 6.41. The Morgan fingerprint density at radius 2 is 1.91 bits per heavy atom. The number of phenols is 1. The van der Waals surface area contributed by atoms with Gasteiger partial charge >= 0.3 is 6.01 Å². The summed E-state index contributed by atoms with van der Waals surface area (Å²) < 4.78 is 67.4. The van der Waals surface area contributed by atoms with Gasteiger partial charge in [-0.3, -0.25) is 0 Å². The number of rotatable bonds is 7. The third kappa shape index (κ3) is 5.16. The molecule has 11 heteroatoms. The highest BCUT2D eigenvalue weighted by molar-refractivity contribution is 6.04. The number of halogens is 4. The molecule has 2 heterocycles. The van der Waals surface area contributed by atoms with Crippen molar-refractivity contribution in [2.75, 3.05) is 45.2 Å². The van der Waals surface area contributed by atoms with E-state index in [1.165, 1.54) is 12.1 Å². The summed E-state index contributed by atoms with van der Waals surface area (Å²) in [7, 11) is 3.37. The molecule has 0 amide bonds. The molecule has 2 aliphatic rings. The fourth-order valence-electron chi connectivity index (χ4n) is 6.41. The van der Waals surface area contributed by atoms with Crippen molar-refractivity contribution in [1.82, 2.24) is 14.9 Å². The average molecular weight is 609 g/mol. The van der Waals surface area contributed by atoms with Crippen LogP contribution in [0.25, 0.3) is 32.8 Å². The van der Waals surface area contributed by atoms with Crippen LogP contribution in [0, 0.1) is 29.4 Å². The van der Waals surface area contributed by atoms with Gasteiger partial charge in [-0.05, 0) is 63.5 Å². The second-order valence-electron chi connectivity index (χ2n) is 12.5. The number of piperidine rings is 1. The summed E-state index contributed by atoms with van der Waals surface area (Å²) in [5, 5.41) is 22.1. The van der Waals surface area contributed by atoms with Gasteiger partial charge in [0.1, 0.15) is 29.5 Å². The molecule has 0 bridgehead atoms. The van der Waals surface area contributed by atoms with Crippen molar-refractivity contribution in [2.24, 2.45) is 5.41 Å². The molecule has 1 aliphatic heterocycles. The van der Waals surface area contributed by atoms with Crippen LogP contribution in [0.3, 0.4) is 0 Å². The van der Waals surface area contributed by atoms with Crippen LogP contribution in [0.4, 0.5) is 23.4 Å². The maximum absolute atomic E-state index is 16.7. The molecule has 2 atom stereocenters. The number of hydrogen-bond acceptors (Lipinski definition) is 7. The van der Waals surface area contributed by atoms with Crippen LogP contribution in [0.1, 0.15) is 31.7 Å². The SMILES string of the molecule is C#Cc1cccc2cc(O)cc(-c3c(F)cc4c(N5CCC[C@@](C)(O)C5)nc(OC[C@]5(CN(C)C)CC5(F)F)nc4c3F)c12. The first-order valence-electron chi connectivity index (χ1n) is 14.3. The maximum atomic E-state index is 16.7. The summed E-state index contributed by atoms with van der Waals surface area (Å²) in [4.78, 5) is 12.1. The third-order valence-electron chi connectivity index (χ3n) is 8.51. The smallest absolute Gasteiger partial charge is 0.319 e. The molecule has 1 aromatic heterocycles. The standard InChI is InChI=1S/C33H32F4N4O3/c1-5-19-8-6-9-20-12-21(42)13-22(25(19)20)26-24(34)14-23-28(27(26)35)38-30(39-29(23)41-11-7-10-31(2,43)16-41)44-18-32(17-40(3)4)15-33(32,36)37/h1,6,8-9,12-14,42-43H,7,10-11,15-18H2,2-4H3/t31-,32-/m1/s1. The Balaban J connectivity index is 1.54. The first-order valence-corrected chi connectivity index (χ1v) is 14.3. The molecule has 2 N–H and O–H groups in total. The first kappa shape index (κ1) is 29.9. The molecule has 4 aromatic rings. The van der Waals surface area contributed by atoms with Crippen molar-refractivity contribution in [3.05, 3.63) is 53.6 Å². The highest BCUT2D eigenvalue weighted by atomic mass is 19.3. The van der Waals surface area contributed by atoms with Gasteiger partial charge in [0.2, 0.25) is 0 Å². The lowest BCUT2D eigenvalue weighted by Gasteiger charge is -2.38. The average Bonchev–Trinajstić information content (AvgIpc) is 3.48. The van der Waals surface area contributed by atoms with Gasteiger partial charge in [-0.25, -0.2) is 17.6 Å². The molecule has 0 spiro atoms. The Bertz CT molecular complexity index is 1840. The quantitative estimate of drug-likeness (QED) is 0.205. The molecule has 6 rings (SSSR count). The normalized spacial score (nSPS) is 22.9. The predicted octanol–water partition coefficient (Wildman–Crippen LogP) is 5.73. The number of benzene rings is 3.